The number of ether oxygens (including phenoxy) is 3. The number of amides is 1. The molecule has 0 aliphatic carbocycles. The Hall–Kier alpha value is -3.98. The molecule has 1 N–H and O–H groups in total. The molecule has 1 saturated heterocycles. The Morgan fingerprint density at radius 3 is 2.49 bits per heavy atom. The monoisotopic (exact) mass is 511 g/mol. The van der Waals surface area contributed by atoms with Crippen molar-refractivity contribution >= 4 is 11.9 Å². The number of halogens is 2. The second kappa shape index (κ2) is 11.8. The number of carboxylic acids is 1. The van der Waals surface area contributed by atoms with Gasteiger partial charge in [-0.2, -0.15) is 0 Å². The number of carbonyl (C=O) groups excluding carboxylic acids is 1. The van der Waals surface area contributed by atoms with E-state index in [1.807, 2.05) is 0 Å². The van der Waals surface area contributed by atoms with Crippen LogP contribution in [0.25, 0.3) is 11.1 Å². The van der Waals surface area contributed by atoms with Gasteiger partial charge in [0.1, 0.15) is 30.8 Å². The Balaban J connectivity index is 1.47. The number of rotatable bonds is 10. The van der Waals surface area contributed by atoms with E-state index in [1.54, 1.807) is 24.3 Å². The lowest BCUT2D eigenvalue weighted by Gasteiger charge is -2.24. The summed E-state index contributed by atoms with van der Waals surface area (Å²) in [4.78, 5) is 25.4. The van der Waals surface area contributed by atoms with Crippen molar-refractivity contribution in [3.05, 3.63) is 83.4 Å². The highest BCUT2D eigenvalue weighted by Crippen LogP contribution is 2.36. The smallest absolute Gasteiger partial charge is 0.323 e. The second-order valence-electron chi connectivity index (χ2n) is 8.69. The van der Waals surface area contributed by atoms with Crippen LogP contribution in [0.1, 0.15) is 24.0 Å². The maximum atomic E-state index is 14.9. The van der Waals surface area contributed by atoms with Gasteiger partial charge in [-0.3, -0.25) is 9.59 Å². The van der Waals surface area contributed by atoms with E-state index in [4.69, 9.17) is 14.2 Å². The van der Waals surface area contributed by atoms with Gasteiger partial charge in [0, 0.05) is 24.8 Å². The van der Waals surface area contributed by atoms with Gasteiger partial charge in [-0.05, 0) is 47.7 Å². The molecule has 3 aromatic rings. The molecule has 1 fully saturated rings. The number of benzene rings is 3. The minimum atomic E-state index is -1.11. The van der Waals surface area contributed by atoms with Gasteiger partial charge in [-0.1, -0.05) is 36.4 Å². The van der Waals surface area contributed by atoms with E-state index in [9.17, 15) is 23.5 Å². The lowest BCUT2D eigenvalue weighted by molar-refractivity contribution is -0.149. The molecule has 1 aliphatic heterocycles. The first-order valence-electron chi connectivity index (χ1n) is 11.8. The normalized spacial score (nSPS) is 14.8. The molecular formula is C28H27F2NO6. The van der Waals surface area contributed by atoms with Gasteiger partial charge < -0.3 is 24.2 Å². The summed E-state index contributed by atoms with van der Waals surface area (Å²) < 4.78 is 44.7. The summed E-state index contributed by atoms with van der Waals surface area (Å²) in [6, 6.07) is 15.5. The average molecular weight is 512 g/mol. The molecule has 0 bridgehead atoms. The molecule has 0 spiro atoms. The van der Waals surface area contributed by atoms with Crippen LogP contribution >= 0.6 is 0 Å². The number of carboxylic acid groups (broad SMARTS) is 1. The number of nitrogens with zero attached hydrogens (tertiary/aromatic N) is 1. The Labute approximate surface area is 213 Å². The largest absolute Gasteiger partial charge is 0.496 e. The highest BCUT2D eigenvalue weighted by atomic mass is 19.1. The molecule has 0 unspecified atom stereocenters. The number of carbonyl (C=O) groups is 2. The molecule has 1 aliphatic rings. The van der Waals surface area contributed by atoms with Crippen LogP contribution in [0, 0.1) is 11.6 Å². The summed E-state index contributed by atoms with van der Waals surface area (Å²) in [5.74, 6) is -2.11. The summed E-state index contributed by atoms with van der Waals surface area (Å²) in [6.45, 7) is 0.164. The maximum Gasteiger partial charge on any atom is 0.323 e. The third-order valence-corrected chi connectivity index (χ3v) is 6.01. The van der Waals surface area contributed by atoms with Crippen LogP contribution in [-0.4, -0.2) is 48.2 Å². The van der Waals surface area contributed by atoms with Crippen molar-refractivity contribution in [2.24, 2.45) is 0 Å². The van der Waals surface area contributed by atoms with E-state index >= 15 is 0 Å². The fraction of sp³-hybridized carbons (Fsp3) is 0.286. The van der Waals surface area contributed by atoms with E-state index < -0.39 is 30.3 Å². The van der Waals surface area contributed by atoms with Crippen molar-refractivity contribution in [2.75, 3.05) is 20.3 Å². The molecule has 37 heavy (non-hydrogen) atoms. The standard InChI is InChI=1S/C28H27F2NO6/c1-35-25-14-26(23(30)13-22(25)20-7-9-21(29)10-8-20)37-17-19-5-2-4-18(12-19)15-31(16-27(32)33)28(34)24-6-3-11-36-24/h2,4-5,7-10,12-14,24H,3,6,11,15-17H2,1H3,(H,32,33)/t24-/m1/s1. The maximum absolute atomic E-state index is 14.9. The molecule has 7 nitrogen and oxygen atoms in total. The molecule has 1 heterocycles. The topological polar surface area (TPSA) is 85.3 Å². The molecule has 9 heteroatoms. The summed E-state index contributed by atoms with van der Waals surface area (Å²) >= 11 is 0. The van der Waals surface area contributed by atoms with Crippen LogP contribution in [-0.2, 0) is 27.5 Å². The molecule has 1 atom stereocenters. The molecule has 0 radical (unpaired) electrons. The Kier molecular flexibility index (Phi) is 8.35. The molecule has 4 rings (SSSR count). The lowest BCUT2D eigenvalue weighted by Crippen LogP contribution is -2.41. The number of methoxy groups -OCH3 is 1. The van der Waals surface area contributed by atoms with Gasteiger partial charge in [0.15, 0.2) is 11.6 Å². The van der Waals surface area contributed by atoms with E-state index in [1.165, 1.54) is 48.4 Å². The molecule has 194 valence electrons. The molecular weight excluding hydrogens is 484 g/mol. The summed E-state index contributed by atoms with van der Waals surface area (Å²) in [5, 5.41) is 9.27. The minimum absolute atomic E-state index is 0.0193. The van der Waals surface area contributed by atoms with Crippen LogP contribution in [0.4, 0.5) is 8.78 Å². The van der Waals surface area contributed by atoms with Crippen LogP contribution in [0.3, 0.4) is 0 Å². The van der Waals surface area contributed by atoms with Gasteiger partial charge >= 0.3 is 5.97 Å². The first kappa shape index (κ1) is 26.1. The molecule has 3 aromatic carbocycles. The highest BCUT2D eigenvalue weighted by molar-refractivity contribution is 5.84. The quantitative estimate of drug-likeness (QED) is 0.421. The van der Waals surface area contributed by atoms with Crippen molar-refractivity contribution in [2.45, 2.75) is 32.1 Å². The lowest BCUT2D eigenvalue weighted by atomic mass is 10.0. The Morgan fingerprint density at radius 2 is 1.81 bits per heavy atom. The van der Waals surface area contributed by atoms with Crippen LogP contribution in [0.2, 0.25) is 0 Å². The molecule has 0 aromatic heterocycles. The SMILES string of the molecule is COc1cc(OCc2cccc(CN(CC(=O)O)C(=O)[C@H]3CCCO3)c2)c(F)cc1-c1ccc(F)cc1. The van der Waals surface area contributed by atoms with E-state index in [0.29, 0.717) is 41.0 Å². The van der Waals surface area contributed by atoms with Crippen molar-refractivity contribution in [1.29, 1.82) is 0 Å². The van der Waals surface area contributed by atoms with E-state index in [2.05, 4.69) is 0 Å². The zero-order chi connectivity index (χ0) is 26.4. The van der Waals surface area contributed by atoms with Crippen LogP contribution < -0.4 is 9.47 Å². The molecule has 1 amide bonds. The van der Waals surface area contributed by atoms with Gasteiger partial charge in [0.25, 0.3) is 5.91 Å². The Bertz CT molecular complexity index is 1260. The van der Waals surface area contributed by atoms with E-state index in [0.717, 1.165) is 6.42 Å². The van der Waals surface area contributed by atoms with Gasteiger partial charge in [-0.25, -0.2) is 8.78 Å². The minimum Gasteiger partial charge on any atom is -0.496 e. The number of hydrogen-bond acceptors (Lipinski definition) is 5. The van der Waals surface area contributed by atoms with Crippen molar-refractivity contribution < 1.29 is 37.7 Å². The summed E-state index contributed by atoms with van der Waals surface area (Å²) in [5.41, 5.74) is 2.47. The van der Waals surface area contributed by atoms with Crippen molar-refractivity contribution in [3.8, 4) is 22.6 Å². The summed E-state index contributed by atoms with van der Waals surface area (Å²) in [6.07, 6.45) is 0.704. The summed E-state index contributed by atoms with van der Waals surface area (Å²) in [7, 11) is 1.45. The zero-order valence-corrected chi connectivity index (χ0v) is 20.3. The van der Waals surface area contributed by atoms with Crippen LogP contribution in [0.15, 0.2) is 60.7 Å². The Morgan fingerprint density at radius 1 is 1.05 bits per heavy atom. The fourth-order valence-corrected chi connectivity index (χ4v) is 4.22. The fourth-order valence-electron chi connectivity index (χ4n) is 4.22. The first-order chi connectivity index (χ1) is 17.8. The third-order valence-electron chi connectivity index (χ3n) is 6.01. The van der Waals surface area contributed by atoms with Gasteiger partial charge in [-0.15, -0.1) is 0 Å². The van der Waals surface area contributed by atoms with E-state index in [-0.39, 0.29) is 24.8 Å². The van der Waals surface area contributed by atoms with Gasteiger partial charge in [0.05, 0.1) is 7.11 Å². The molecule has 0 saturated carbocycles. The number of hydrogen-bond donors (Lipinski definition) is 1. The predicted octanol–water partition coefficient (Wildman–Crippen LogP) is 4.81. The zero-order valence-electron chi connectivity index (χ0n) is 20.3. The third kappa shape index (κ3) is 6.62. The van der Waals surface area contributed by atoms with Crippen molar-refractivity contribution in [1.82, 2.24) is 4.90 Å². The second-order valence-corrected chi connectivity index (χ2v) is 8.69. The van der Waals surface area contributed by atoms with Crippen LogP contribution in [0.5, 0.6) is 11.5 Å². The number of aliphatic carboxylic acids is 1. The van der Waals surface area contributed by atoms with Crippen molar-refractivity contribution in [3.63, 3.8) is 0 Å². The highest BCUT2D eigenvalue weighted by Gasteiger charge is 2.29. The average Bonchev–Trinajstić information content (AvgIpc) is 3.43. The first-order valence-corrected chi connectivity index (χ1v) is 11.8. The van der Waals surface area contributed by atoms with Gasteiger partial charge in [0.2, 0.25) is 0 Å². The predicted molar refractivity (Wildman–Crippen MR) is 131 cm³/mol.